The van der Waals surface area contributed by atoms with Crippen LogP contribution in [0.15, 0.2) is 24.3 Å². The maximum Gasteiger partial charge on any atom is 0.227 e. The number of para-hydroxylation sites is 1. The van der Waals surface area contributed by atoms with Gasteiger partial charge in [0.2, 0.25) is 5.91 Å². The molecular formula is C17H22N2O3S. The fraction of sp³-hybridized carbons (Fsp3) is 0.471. The van der Waals surface area contributed by atoms with Crippen molar-refractivity contribution in [3.8, 4) is 0 Å². The van der Waals surface area contributed by atoms with Crippen LogP contribution in [0.4, 0.5) is 0 Å². The van der Waals surface area contributed by atoms with Gasteiger partial charge in [-0.3, -0.25) is 4.79 Å². The number of benzene rings is 1. The molecule has 23 heavy (non-hydrogen) atoms. The number of rotatable bonds is 4. The van der Waals surface area contributed by atoms with E-state index < -0.39 is 9.84 Å². The SMILES string of the molecule is CCN(C(=O)Cc1c(C)[nH]c2ccccc12)C1CCS(=O)(=O)C1. The number of likely N-dealkylation sites (N-methyl/N-ethyl adjacent to an activating group) is 1. The van der Waals surface area contributed by atoms with Crippen LogP contribution < -0.4 is 0 Å². The lowest BCUT2D eigenvalue weighted by Crippen LogP contribution is -2.41. The van der Waals surface area contributed by atoms with Crippen LogP contribution in [0.25, 0.3) is 10.9 Å². The summed E-state index contributed by atoms with van der Waals surface area (Å²) < 4.78 is 23.4. The van der Waals surface area contributed by atoms with Crippen LogP contribution in [0.1, 0.15) is 24.6 Å². The minimum Gasteiger partial charge on any atom is -0.358 e. The minimum absolute atomic E-state index is 0.00227. The van der Waals surface area contributed by atoms with E-state index in [2.05, 4.69) is 4.98 Å². The summed E-state index contributed by atoms with van der Waals surface area (Å²) in [6.07, 6.45) is 0.856. The monoisotopic (exact) mass is 334 g/mol. The van der Waals surface area contributed by atoms with Crippen LogP contribution in [0.2, 0.25) is 0 Å². The summed E-state index contributed by atoms with van der Waals surface area (Å²) in [5, 5.41) is 1.06. The Morgan fingerprint density at radius 2 is 2.09 bits per heavy atom. The van der Waals surface area contributed by atoms with Gasteiger partial charge in [0.05, 0.1) is 17.9 Å². The molecule has 1 atom stereocenters. The summed E-state index contributed by atoms with van der Waals surface area (Å²) in [4.78, 5) is 17.8. The van der Waals surface area contributed by atoms with Crippen LogP contribution in [-0.4, -0.2) is 48.3 Å². The Bertz CT molecular complexity index is 839. The summed E-state index contributed by atoms with van der Waals surface area (Å²) in [6, 6.07) is 7.76. The van der Waals surface area contributed by atoms with Gasteiger partial charge in [-0.2, -0.15) is 0 Å². The number of hydrogen-bond donors (Lipinski definition) is 1. The number of amides is 1. The lowest BCUT2D eigenvalue weighted by atomic mass is 10.1. The largest absolute Gasteiger partial charge is 0.358 e. The van der Waals surface area contributed by atoms with Gasteiger partial charge < -0.3 is 9.88 Å². The number of H-pyrrole nitrogens is 1. The number of fused-ring (bicyclic) bond motifs is 1. The molecule has 1 unspecified atom stereocenters. The molecule has 3 rings (SSSR count). The molecule has 1 amide bonds. The number of aromatic nitrogens is 1. The smallest absolute Gasteiger partial charge is 0.227 e. The lowest BCUT2D eigenvalue weighted by molar-refractivity contribution is -0.132. The van der Waals surface area contributed by atoms with Gasteiger partial charge in [0.1, 0.15) is 0 Å². The molecule has 1 N–H and O–H groups in total. The fourth-order valence-electron chi connectivity index (χ4n) is 3.47. The molecule has 6 heteroatoms. The quantitative estimate of drug-likeness (QED) is 0.930. The number of nitrogens with zero attached hydrogens (tertiary/aromatic N) is 1. The van der Waals surface area contributed by atoms with E-state index in [0.29, 0.717) is 19.4 Å². The molecule has 124 valence electrons. The molecule has 0 radical (unpaired) electrons. The predicted octanol–water partition coefficient (Wildman–Crippen LogP) is 2.05. The standard InChI is InChI=1S/C17H22N2O3S/c1-3-19(13-8-9-23(21,22)11-13)17(20)10-15-12(2)18-16-7-5-4-6-14(15)16/h4-7,13,18H,3,8-11H2,1-2H3. The van der Waals surface area contributed by atoms with Crippen molar-refractivity contribution in [2.24, 2.45) is 0 Å². The molecule has 0 aliphatic carbocycles. The second kappa shape index (κ2) is 6.00. The molecule has 1 aromatic carbocycles. The summed E-state index contributed by atoms with van der Waals surface area (Å²) in [7, 11) is -2.99. The Morgan fingerprint density at radius 1 is 1.35 bits per heavy atom. The number of aromatic amines is 1. The first-order chi connectivity index (χ1) is 10.9. The van der Waals surface area contributed by atoms with Crippen molar-refractivity contribution in [3.63, 3.8) is 0 Å². The highest BCUT2D eigenvalue weighted by Gasteiger charge is 2.34. The van der Waals surface area contributed by atoms with Gasteiger partial charge >= 0.3 is 0 Å². The van der Waals surface area contributed by atoms with E-state index in [4.69, 9.17) is 0 Å². The van der Waals surface area contributed by atoms with E-state index in [1.807, 2.05) is 38.1 Å². The zero-order valence-electron chi connectivity index (χ0n) is 13.5. The molecule has 2 aromatic rings. The van der Waals surface area contributed by atoms with Crippen LogP contribution >= 0.6 is 0 Å². The second-order valence-electron chi connectivity index (χ2n) is 6.19. The van der Waals surface area contributed by atoms with Crippen LogP contribution in [-0.2, 0) is 21.1 Å². The average molecular weight is 334 g/mol. The highest BCUT2D eigenvalue weighted by atomic mass is 32.2. The number of aryl methyl sites for hydroxylation is 1. The maximum atomic E-state index is 12.8. The fourth-order valence-corrected chi connectivity index (χ4v) is 5.21. The summed E-state index contributed by atoms with van der Waals surface area (Å²) in [6.45, 7) is 4.42. The average Bonchev–Trinajstić information content (AvgIpc) is 3.00. The molecule has 1 fully saturated rings. The zero-order chi connectivity index (χ0) is 16.6. The van der Waals surface area contributed by atoms with E-state index in [1.54, 1.807) is 4.90 Å². The van der Waals surface area contributed by atoms with Gasteiger partial charge in [0, 0.05) is 29.2 Å². The van der Waals surface area contributed by atoms with Crippen molar-refractivity contribution >= 4 is 26.6 Å². The molecule has 1 aromatic heterocycles. The van der Waals surface area contributed by atoms with E-state index >= 15 is 0 Å². The van der Waals surface area contributed by atoms with E-state index in [9.17, 15) is 13.2 Å². The van der Waals surface area contributed by atoms with Crippen molar-refractivity contribution in [2.75, 3.05) is 18.1 Å². The molecule has 5 nitrogen and oxygen atoms in total. The van der Waals surface area contributed by atoms with E-state index in [1.165, 1.54) is 0 Å². The summed E-state index contributed by atoms with van der Waals surface area (Å²) in [5.74, 6) is 0.287. The topological polar surface area (TPSA) is 70.2 Å². The first kappa shape index (κ1) is 16.1. The molecule has 0 spiro atoms. The second-order valence-corrected chi connectivity index (χ2v) is 8.42. The van der Waals surface area contributed by atoms with Crippen LogP contribution in [0, 0.1) is 6.92 Å². The zero-order valence-corrected chi connectivity index (χ0v) is 14.3. The van der Waals surface area contributed by atoms with Gasteiger partial charge in [0.25, 0.3) is 0 Å². The van der Waals surface area contributed by atoms with Crippen LogP contribution in [0.3, 0.4) is 0 Å². The van der Waals surface area contributed by atoms with Gasteiger partial charge in [-0.05, 0) is 31.9 Å². The van der Waals surface area contributed by atoms with Gasteiger partial charge in [-0.15, -0.1) is 0 Å². The maximum absolute atomic E-state index is 12.8. The molecular weight excluding hydrogens is 312 g/mol. The lowest BCUT2D eigenvalue weighted by Gasteiger charge is -2.27. The molecule has 1 aliphatic rings. The number of carbonyl (C=O) groups excluding carboxylic acids is 1. The van der Waals surface area contributed by atoms with E-state index in [0.717, 1.165) is 22.2 Å². The number of sulfone groups is 1. The van der Waals surface area contributed by atoms with Gasteiger partial charge in [-0.1, -0.05) is 18.2 Å². The van der Waals surface area contributed by atoms with Crippen molar-refractivity contribution in [3.05, 3.63) is 35.5 Å². The van der Waals surface area contributed by atoms with Crippen LogP contribution in [0.5, 0.6) is 0 Å². The van der Waals surface area contributed by atoms with Crippen molar-refractivity contribution in [1.82, 2.24) is 9.88 Å². The van der Waals surface area contributed by atoms with Crippen molar-refractivity contribution in [1.29, 1.82) is 0 Å². The molecule has 0 saturated carbocycles. The first-order valence-electron chi connectivity index (χ1n) is 7.97. The highest BCUT2D eigenvalue weighted by Crippen LogP contribution is 2.24. The van der Waals surface area contributed by atoms with Crippen molar-refractivity contribution in [2.45, 2.75) is 32.7 Å². The Labute approximate surface area is 136 Å². The molecule has 1 aliphatic heterocycles. The minimum atomic E-state index is -2.99. The Kier molecular flexibility index (Phi) is 4.19. The Morgan fingerprint density at radius 3 is 2.74 bits per heavy atom. The third-order valence-electron chi connectivity index (χ3n) is 4.67. The Balaban J connectivity index is 1.83. The van der Waals surface area contributed by atoms with Gasteiger partial charge in [-0.25, -0.2) is 8.42 Å². The molecule has 2 heterocycles. The number of nitrogens with one attached hydrogen (secondary N) is 1. The van der Waals surface area contributed by atoms with Gasteiger partial charge in [0.15, 0.2) is 9.84 Å². The third kappa shape index (κ3) is 3.13. The highest BCUT2D eigenvalue weighted by molar-refractivity contribution is 7.91. The Hall–Kier alpha value is -1.82. The normalized spacial score (nSPS) is 20.0. The van der Waals surface area contributed by atoms with E-state index in [-0.39, 0.29) is 23.5 Å². The van der Waals surface area contributed by atoms with Crippen molar-refractivity contribution < 1.29 is 13.2 Å². The first-order valence-corrected chi connectivity index (χ1v) is 9.79. The predicted molar refractivity (Wildman–Crippen MR) is 91.2 cm³/mol. The third-order valence-corrected chi connectivity index (χ3v) is 6.42. The molecule has 1 saturated heterocycles. The summed E-state index contributed by atoms with van der Waals surface area (Å²) >= 11 is 0. The number of carbonyl (C=O) groups is 1. The molecule has 0 bridgehead atoms. The summed E-state index contributed by atoms with van der Waals surface area (Å²) in [5.41, 5.74) is 3.03. The number of hydrogen-bond acceptors (Lipinski definition) is 3.